The number of carbonyl (C=O) groups excluding carboxylic acids is 1. The van der Waals surface area contributed by atoms with Gasteiger partial charge >= 0.3 is 0 Å². The van der Waals surface area contributed by atoms with Crippen molar-refractivity contribution in [3.05, 3.63) is 11.8 Å². The molecule has 1 unspecified atom stereocenters. The molecule has 0 saturated heterocycles. The molecule has 1 radical (unpaired) electrons. The van der Waals surface area contributed by atoms with Crippen molar-refractivity contribution in [1.82, 2.24) is 0 Å². The molecule has 1 atom stereocenters. The molecule has 0 aliphatic rings. The zero-order valence-corrected chi connectivity index (χ0v) is 8.50. The fourth-order valence-corrected chi connectivity index (χ4v) is 0.505. The molecule has 0 spiro atoms. The van der Waals surface area contributed by atoms with Gasteiger partial charge in [0.05, 0.1) is 0 Å². The maximum absolute atomic E-state index is 10.8. The van der Waals surface area contributed by atoms with E-state index in [4.69, 9.17) is 9.84 Å². The number of hydrogen-bond donors (Lipinski definition) is 1. The maximum Gasteiger partial charge on any atom is 0.158 e. The van der Waals surface area contributed by atoms with Gasteiger partial charge < -0.3 is 9.84 Å². The summed E-state index contributed by atoms with van der Waals surface area (Å²) in [6, 6.07) is 0. The summed E-state index contributed by atoms with van der Waals surface area (Å²) in [4.78, 5) is 10.8. The van der Waals surface area contributed by atoms with E-state index in [1.54, 1.807) is 13.8 Å². The van der Waals surface area contributed by atoms with Gasteiger partial charge in [-0.2, -0.15) is 0 Å². The third-order valence-corrected chi connectivity index (χ3v) is 1.43. The summed E-state index contributed by atoms with van der Waals surface area (Å²) in [5.74, 6) is -0.106. The van der Waals surface area contributed by atoms with Crippen LogP contribution >= 0.6 is 0 Å². The zero-order valence-electron chi connectivity index (χ0n) is 7.46. The Morgan fingerprint density at radius 2 is 2.17 bits per heavy atom. The molecule has 3 nitrogen and oxygen atoms in total. The molecule has 0 bridgehead atoms. The van der Waals surface area contributed by atoms with E-state index in [2.05, 4.69) is 0 Å². The van der Waals surface area contributed by atoms with Gasteiger partial charge in [-0.15, -0.1) is 0 Å². The van der Waals surface area contributed by atoms with Crippen LogP contribution in [0.2, 0.25) is 0 Å². The van der Waals surface area contributed by atoms with E-state index in [0.717, 1.165) is 0 Å². The van der Waals surface area contributed by atoms with Crippen molar-refractivity contribution in [1.29, 1.82) is 0 Å². The second-order valence-corrected chi connectivity index (χ2v) is 2.27. The smallest absolute Gasteiger partial charge is 0.158 e. The standard InChI is InChI=1S/C8H14O3.Co/c1-4-7(9)5-8(10)6(2)11-3;/h5-6,10H,4H2,1-3H3;/b8-5-;. The summed E-state index contributed by atoms with van der Waals surface area (Å²) in [5, 5.41) is 9.13. The Balaban J connectivity index is 0. The van der Waals surface area contributed by atoms with Gasteiger partial charge in [-0.25, -0.2) is 0 Å². The molecule has 0 saturated carbocycles. The Morgan fingerprint density at radius 3 is 2.50 bits per heavy atom. The van der Waals surface area contributed by atoms with Gasteiger partial charge in [0.1, 0.15) is 11.9 Å². The van der Waals surface area contributed by atoms with Crippen LogP contribution in [0.15, 0.2) is 11.8 Å². The predicted molar refractivity (Wildman–Crippen MR) is 42.5 cm³/mol. The van der Waals surface area contributed by atoms with Gasteiger partial charge in [-0.1, -0.05) is 6.92 Å². The van der Waals surface area contributed by atoms with Crippen molar-refractivity contribution in [2.24, 2.45) is 0 Å². The number of methoxy groups -OCH3 is 1. The Bertz CT molecular complexity index is 166. The number of rotatable bonds is 4. The summed E-state index contributed by atoms with van der Waals surface area (Å²) in [6.07, 6.45) is 1.21. The van der Waals surface area contributed by atoms with E-state index in [1.165, 1.54) is 13.2 Å². The molecule has 73 valence electrons. The first kappa shape index (κ1) is 14.2. The number of allylic oxidation sites excluding steroid dienone is 1. The molecule has 0 aromatic rings. The largest absolute Gasteiger partial charge is 0.509 e. The van der Waals surface area contributed by atoms with Crippen LogP contribution < -0.4 is 0 Å². The molecule has 0 aromatic heterocycles. The summed E-state index contributed by atoms with van der Waals surface area (Å²) in [6.45, 7) is 3.42. The Kier molecular flexibility index (Phi) is 8.69. The number of hydrogen-bond acceptors (Lipinski definition) is 3. The first-order valence-electron chi connectivity index (χ1n) is 3.58. The van der Waals surface area contributed by atoms with E-state index in [9.17, 15) is 4.79 Å². The molecule has 0 aliphatic carbocycles. The Morgan fingerprint density at radius 1 is 1.67 bits per heavy atom. The molecule has 12 heavy (non-hydrogen) atoms. The molecule has 0 aliphatic heterocycles. The minimum atomic E-state index is -0.398. The first-order valence-corrected chi connectivity index (χ1v) is 3.58. The Hall–Kier alpha value is -0.324. The molecule has 0 amide bonds. The SMILES string of the molecule is CCC(=O)/C=C(\O)C(C)OC.[Co]. The van der Waals surface area contributed by atoms with Gasteiger partial charge in [0.25, 0.3) is 0 Å². The van der Waals surface area contributed by atoms with Crippen LogP contribution in [0.3, 0.4) is 0 Å². The average molecular weight is 217 g/mol. The van der Waals surface area contributed by atoms with Crippen LogP contribution in [0.1, 0.15) is 20.3 Å². The molecule has 4 heteroatoms. The minimum Gasteiger partial charge on any atom is -0.509 e. The second-order valence-electron chi connectivity index (χ2n) is 2.27. The number of ether oxygens (including phenoxy) is 1. The first-order chi connectivity index (χ1) is 5.11. The summed E-state index contributed by atoms with van der Waals surface area (Å²) in [7, 11) is 1.48. The van der Waals surface area contributed by atoms with Crippen molar-refractivity contribution < 1.29 is 31.4 Å². The molecular formula is C8H14CoO3. The van der Waals surface area contributed by atoms with E-state index >= 15 is 0 Å². The quantitative estimate of drug-likeness (QED) is 0.572. The summed E-state index contributed by atoms with van der Waals surface area (Å²) in [5.41, 5.74) is 0. The van der Waals surface area contributed by atoms with Crippen LogP contribution in [0.25, 0.3) is 0 Å². The van der Waals surface area contributed by atoms with Gasteiger partial charge in [0.15, 0.2) is 5.78 Å². The van der Waals surface area contributed by atoms with Crippen molar-refractivity contribution in [3.63, 3.8) is 0 Å². The van der Waals surface area contributed by atoms with E-state index < -0.39 is 6.10 Å². The molecular weight excluding hydrogens is 203 g/mol. The van der Waals surface area contributed by atoms with Gasteiger partial charge in [-0.3, -0.25) is 4.79 Å². The third kappa shape index (κ3) is 5.34. The van der Waals surface area contributed by atoms with Crippen molar-refractivity contribution in [3.8, 4) is 0 Å². The van der Waals surface area contributed by atoms with Gasteiger partial charge in [0.2, 0.25) is 0 Å². The summed E-state index contributed by atoms with van der Waals surface area (Å²) < 4.78 is 4.79. The fourth-order valence-electron chi connectivity index (χ4n) is 0.505. The van der Waals surface area contributed by atoms with Crippen LogP contribution in [-0.2, 0) is 26.3 Å². The third-order valence-electron chi connectivity index (χ3n) is 1.43. The van der Waals surface area contributed by atoms with Crippen LogP contribution in [0, 0.1) is 0 Å². The van der Waals surface area contributed by atoms with E-state index in [0.29, 0.717) is 6.42 Å². The predicted octanol–water partition coefficient (Wildman–Crippen LogP) is 1.44. The van der Waals surface area contributed by atoms with Crippen molar-refractivity contribution in [2.45, 2.75) is 26.4 Å². The van der Waals surface area contributed by atoms with E-state index in [1.807, 2.05) is 0 Å². The Labute approximate surface area is 83.0 Å². The van der Waals surface area contributed by atoms with Crippen LogP contribution in [0.4, 0.5) is 0 Å². The average Bonchev–Trinajstić information content (AvgIpc) is 2.02. The molecule has 1 N–H and O–H groups in total. The van der Waals surface area contributed by atoms with Crippen molar-refractivity contribution in [2.75, 3.05) is 7.11 Å². The van der Waals surface area contributed by atoms with Crippen LogP contribution in [0.5, 0.6) is 0 Å². The minimum absolute atomic E-state index is 0. The second kappa shape index (κ2) is 7.33. The molecule has 0 fully saturated rings. The number of aliphatic hydroxyl groups is 1. The normalized spacial score (nSPS) is 13.4. The van der Waals surface area contributed by atoms with E-state index in [-0.39, 0.29) is 28.3 Å². The van der Waals surface area contributed by atoms with Gasteiger partial charge in [-0.05, 0) is 6.92 Å². The number of ketones is 1. The molecule has 0 rings (SSSR count). The van der Waals surface area contributed by atoms with Crippen LogP contribution in [-0.4, -0.2) is 24.1 Å². The number of carbonyl (C=O) groups is 1. The molecule has 0 heterocycles. The maximum atomic E-state index is 10.8. The zero-order chi connectivity index (χ0) is 8.85. The fraction of sp³-hybridized carbons (Fsp3) is 0.625. The number of aliphatic hydroxyl groups excluding tert-OH is 1. The van der Waals surface area contributed by atoms with Crippen molar-refractivity contribution >= 4 is 5.78 Å². The summed E-state index contributed by atoms with van der Waals surface area (Å²) >= 11 is 0. The van der Waals surface area contributed by atoms with Gasteiger partial charge in [0, 0.05) is 36.4 Å². The topological polar surface area (TPSA) is 46.5 Å². The monoisotopic (exact) mass is 217 g/mol. The molecule has 0 aromatic carbocycles.